The fourth-order valence-electron chi connectivity index (χ4n) is 2.10. The molecule has 21 heavy (non-hydrogen) atoms. The number of carbonyl (C=O) groups is 1. The van der Waals surface area contributed by atoms with Crippen molar-refractivity contribution in [1.29, 1.82) is 0 Å². The maximum absolute atomic E-state index is 12.3. The van der Waals surface area contributed by atoms with E-state index in [4.69, 9.17) is 0 Å². The van der Waals surface area contributed by atoms with E-state index in [-0.39, 0.29) is 24.6 Å². The molecule has 0 aliphatic rings. The summed E-state index contributed by atoms with van der Waals surface area (Å²) in [5.41, 5.74) is -1.18. The molecule has 114 valence electrons. The summed E-state index contributed by atoms with van der Waals surface area (Å²) in [5, 5.41) is 12.2. The number of hydrogen-bond donors (Lipinski definition) is 1. The second-order valence-corrected chi connectivity index (χ2v) is 6.43. The summed E-state index contributed by atoms with van der Waals surface area (Å²) in [7, 11) is 0. The Balaban J connectivity index is 2.20. The van der Waals surface area contributed by atoms with Gasteiger partial charge in [-0.3, -0.25) is 14.2 Å². The number of carbonyl (C=O) groups excluding carboxylic acids is 1. The third-order valence-corrected chi connectivity index (χ3v) is 3.89. The van der Waals surface area contributed by atoms with Crippen LogP contribution in [0.5, 0.6) is 0 Å². The lowest BCUT2D eigenvalue weighted by Gasteiger charge is -2.28. The van der Waals surface area contributed by atoms with Gasteiger partial charge < -0.3 is 10.0 Å². The standard InChI is InChI=1S/C14H19N3O3S/c1-4-16(8-14(2,3)20)11(18)7-17-9-15-12-10(13(17)19)5-6-21-12/h5-6,9,20H,4,7-8H2,1-3H3. The minimum Gasteiger partial charge on any atom is -0.389 e. The van der Waals surface area contributed by atoms with Crippen LogP contribution in [-0.4, -0.2) is 44.2 Å². The van der Waals surface area contributed by atoms with Gasteiger partial charge in [-0.15, -0.1) is 11.3 Å². The Hall–Kier alpha value is -1.73. The van der Waals surface area contributed by atoms with Gasteiger partial charge >= 0.3 is 0 Å². The highest BCUT2D eigenvalue weighted by Crippen LogP contribution is 2.13. The monoisotopic (exact) mass is 309 g/mol. The minimum atomic E-state index is -0.966. The van der Waals surface area contributed by atoms with Gasteiger partial charge in [0.15, 0.2) is 0 Å². The number of amides is 1. The van der Waals surface area contributed by atoms with Gasteiger partial charge in [-0.25, -0.2) is 4.98 Å². The highest BCUT2D eigenvalue weighted by atomic mass is 32.1. The predicted octanol–water partition coefficient (Wildman–Crippen LogP) is 1.08. The molecule has 2 aromatic heterocycles. The van der Waals surface area contributed by atoms with Crippen molar-refractivity contribution >= 4 is 27.5 Å². The zero-order valence-corrected chi connectivity index (χ0v) is 13.2. The maximum atomic E-state index is 12.3. The van der Waals surface area contributed by atoms with Crippen LogP contribution in [0.2, 0.25) is 0 Å². The summed E-state index contributed by atoms with van der Waals surface area (Å²) < 4.78 is 1.31. The van der Waals surface area contributed by atoms with E-state index in [2.05, 4.69) is 4.98 Å². The minimum absolute atomic E-state index is 0.0679. The fourth-order valence-corrected chi connectivity index (χ4v) is 2.82. The van der Waals surface area contributed by atoms with E-state index >= 15 is 0 Å². The van der Waals surface area contributed by atoms with Gasteiger partial charge in [0.05, 0.1) is 17.3 Å². The second kappa shape index (κ2) is 5.95. The number of nitrogens with zero attached hydrogens (tertiary/aromatic N) is 3. The molecule has 0 fully saturated rings. The van der Waals surface area contributed by atoms with Crippen LogP contribution in [-0.2, 0) is 11.3 Å². The summed E-state index contributed by atoms with van der Waals surface area (Å²) in [5.74, 6) is -0.210. The third kappa shape index (κ3) is 3.68. The van der Waals surface area contributed by atoms with E-state index < -0.39 is 5.60 Å². The Morgan fingerprint density at radius 2 is 2.24 bits per heavy atom. The molecule has 7 heteroatoms. The molecule has 6 nitrogen and oxygen atoms in total. The zero-order chi connectivity index (χ0) is 15.6. The molecule has 0 saturated heterocycles. The van der Waals surface area contributed by atoms with Crippen LogP contribution in [0.25, 0.3) is 10.2 Å². The molecule has 0 bridgehead atoms. The lowest BCUT2D eigenvalue weighted by atomic mass is 10.1. The zero-order valence-electron chi connectivity index (χ0n) is 12.4. The van der Waals surface area contributed by atoms with Gasteiger partial charge in [-0.05, 0) is 32.2 Å². The van der Waals surface area contributed by atoms with E-state index in [0.29, 0.717) is 16.8 Å². The van der Waals surface area contributed by atoms with Gasteiger partial charge in [0.25, 0.3) is 5.56 Å². The Kier molecular flexibility index (Phi) is 4.43. The van der Waals surface area contributed by atoms with Crippen molar-refractivity contribution in [3.63, 3.8) is 0 Å². The summed E-state index contributed by atoms with van der Waals surface area (Å²) in [6.45, 7) is 5.77. The number of aliphatic hydroxyl groups is 1. The lowest BCUT2D eigenvalue weighted by Crippen LogP contribution is -2.44. The lowest BCUT2D eigenvalue weighted by molar-refractivity contribution is -0.134. The number of thiophene rings is 1. The molecule has 0 aromatic carbocycles. The smallest absolute Gasteiger partial charge is 0.262 e. The van der Waals surface area contributed by atoms with Crippen molar-refractivity contribution in [3.8, 4) is 0 Å². The molecule has 0 unspecified atom stereocenters. The molecule has 0 spiro atoms. The molecule has 1 N–H and O–H groups in total. The first kappa shape index (κ1) is 15.7. The highest BCUT2D eigenvalue weighted by Gasteiger charge is 2.21. The average molecular weight is 309 g/mol. The normalized spacial score (nSPS) is 11.8. The predicted molar refractivity (Wildman–Crippen MR) is 82.4 cm³/mol. The highest BCUT2D eigenvalue weighted by molar-refractivity contribution is 7.16. The molecule has 0 aliphatic carbocycles. The molecule has 2 heterocycles. The summed E-state index contributed by atoms with van der Waals surface area (Å²) in [6.07, 6.45) is 1.40. The molecule has 2 rings (SSSR count). The van der Waals surface area contributed by atoms with Gasteiger partial charge in [-0.1, -0.05) is 0 Å². The van der Waals surface area contributed by atoms with Crippen molar-refractivity contribution < 1.29 is 9.90 Å². The Labute approximate surface area is 126 Å². The van der Waals surface area contributed by atoms with Crippen LogP contribution >= 0.6 is 11.3 Å². The van der Waals surface area contributed by atoms with Crippen LogP contribution in [0, 0.1) is 0 Å². The third-order valence-electron chi connectivity index (χ3n) is 3.07. The number of likely N-dealkylation sites (N-methyl/N-ethyl adjacent to an activating group) is 1. The van der Waals surface area contributed by atoms with Gasteiger partial charge in [0.2, 0.25) is 5.91 Å². The first-order valence-electron chi connectivity index (χ1n) is 6.74. The molecule has 0 saturated carbocycles. The van der Waals surface area contributed by atoms with Crippen molar-refractivity contribution in [2.45, 2.75) is 32.9 Å². The summed E-state index contributed by atoms with van der Waals surface area (Å²) in [4.78, 5) is 30.9. The van der Waals surface area contributed by atoms with Gasteiger partial charge in [0.1, 0.15) is 11.4 Å². The summed E-state index contributed by atoms with van der Waals surface area (Å²) >= 11 is 1.39. The largest absolute Gasteiger partial charge is 0.389 e. The summed E-state index contributed by atoms with van der Waals surface area (Å²) in [6, 6.07) is 1.71. The van der Waals surface area contributed by atoms with Crippen LogP contribution in [0.4, 0.5) is 0 Å². The van der Waals surface area contributed by atoms with E-state index in [0.717, 1.165) is 0 Å². The first-order chi connectivity index (χ1) is 9.81. The van der Waals surface area contributed by atoms with Gasteiger partial charge in [0, 0.05) is 13.1 Å². The number of aromatic nitrogens is 2. The Bertz CT molecular complexity index is 699. The van der Waals surface area contributed by atoms with Crippen molar-refractivity contribution in [1.82, 2.24) is 14.5 Å². The SMILES string of the molecule is CCN(CC(C)(C)O)C(=O)Cn1cnc2sccc2c1=O. The molecule has 0 radical (unpaired) electrons. The van der Waals surface area contributed by atoms with E-state index in [1.165, 1.54) is 27.1 Å². The quantitative estimate of drug-likeness (QED) is 0.896. The second-order valence-electron chi connectivity index (χ2n) is 5.54. The Morgan fingerprint density at radius 1 is 1.52 bits per heavy atom. The van der Waals surface area contributed by atoms with Crippen LogP contribution in [0.15, 0.2) is 22.6 Å². The average Bonchev–Trinajstić information content (AvgIpc) is 2.87. The van der Waals surface area contributed by atoms with E-state index in [9.17, 15) is 14.7 Å². The molecule has 0 aliphatic heterocycles. The van der Waals surface area contributed by atoms with Crippen LogP contribution in [0.1, 0.15) is 20.8 Å². The molecule has 2 aromatic rings. The van der Waals surface area contributed by atoms with Crippen LogP contribution in [0.3, 0.4) is 0 Å². The molecule has 0 atom stereocenters. The van der Waals surface area contributed by atoms with Gasteiger partial charge in [-0.2, -0.15) is 0 Å². The van der Waals surface area contributed by atoms with Crippen LogP contribution < -0.4 is 5.56 Å². The van der Waals surface area contributed by atoms with Crippen molar-refractivity contribution in [2.75, 3.05) is 13.1 Å². The maximum Gasteiger partial charge on any atom is 0.262 e. The van der Waals surface area contributed by atoms with E-state index in [1.54, 1.807) is 25.3 Å². The number of hydrogen-bond acceptors (Lipinski definition) is 5. The Morgan fingerprint density at radius 3 is 2.86 bits per heavy atom. The molecular weight excluding hydrogens is 290 g/mol. The fraction of sp³-hybridized carbons (Fsp3) is 0.500. The molecule has 1 amide bonds. The number of rotatable bonds is 5. The number of fused-ring (bicyclic) bond motifs is 1. The van der Waals surface area contributed by atoms with Crippen molar-refractivity contribution in [3.05, 3.63) is 28.1 Å². The first-order valence-corrected chi connectivity index (χ1v) is 7.62. The van der Waals surface area contributed by atoms with E-state index in [1.807, 2.05) is 6.92 Å². The van der Waals surface area contributed by atoms with Crippen molar-refractivity contribution in [2.24, 2.45) is 0 Å². The topological polar surface area (TPSA) is 75.4 Å². The molecular formula is C14H19N3O3S.